The Morgan fingerprint density at radius 3 is 2.50 bits per heavy atom. The van der Waals surface area contributed by atoms with Crippen molar-refractivity contribution < 1.29 is 23.2 Å². The van der Waals surface area contributed by atoms with Gasteiger partial charge < -0.3 is 15.5 Å². The van der Waals surface area contributed by atoms with Crippen LogP contribution in [0.5, 0.6) is 0 Å². The molecule has 11 heteroatoms. The smallest absolute Gasteiger partial charge is 0.257 e. The van der Waals surface area contributed by atoms with Crippen LogP contribution in [0.4, 0.5) is 8.78 Å². The zero-order chi connectivity index (χ0) is 28.8. The molecular weight excluding hydrogens is 518 g/mol. The average Bonchev–Trinajstić information content (AvgIpc) is 3.29. The SMILES string of the molecule is Cc1nc2n(n1)CCN(C(=O)c1cccc(F)c1F)CCCC(=O)N[C@@H](Cc1ccccc1)C(=O)N[C@@H]2C(C)C. The summed E-state index contributed by atoms with van der Waals surface area (Å²) in [5.41, 5.74) is 0.508. The molecule has 9 nitrogen and oxygen atoms in total. The van der Waals surface area contributed by atoms with Gasteiger partial charge in [0.1, 0.15) is 17.7 Å². The molecule has 1 aliphatic rings. The number of benzene rings is 2. The maximum atomic E-state index is 14.5. The van der Waals surface area contributed by atoms with Crippen LogP contribution in [0.2, 0.25) is 0 Å². The van der Waals surface area contributed by atoms with Crippen LogP contribution in [0.25, 0.3) is 0 Å². The van der Waals surface area contributed by atoms with Crippen molar-refractivity contribution >= 4 is 17.7 Å². The van der Waals surface area contributed by atoms with Gasteiger partial charge in [0.05, 0.1) is 18.2 Å². The maximum absolute atomic E-state index is 14.5. The molecule has 1 aromatic heterocycles. The predicted molar refractivity (Wildman–Crippen MR) is 144 cm³/mol. The summed E-state index contributed by atoms with van der Waals surface area (Å²) in [5.74, 6) is -2.77. The van der Waals surface area contributed by atoms with Crippen LogP contribution in [0.3, 0.4) is 0 Å². The predicted octanol–water partition coefficient (Wildman–Crippen LogP) is 3.34. The minimum atomic E-state index is -1.21. The molecule has 0 spiro atoms. The Kier molecular flexibility index (Phi) is 9.23. The Hall–Kier alpha value is -4.15. The summed E-state index contributed by atoms with van der Waals surface area (Å²) in [6, 6.07) is 11.5. The van der Waals surface area contributed by atoms with E-state index in [2.05, 4.69) is 20.7 Å². The fraction of sp³-hybridized carbons (Fsp3) is 0.414. The number of amides is 3. The van der Waals surface area contributed by atoms with E-state index in [0.717, 1.165) is 11.6 Å². The summed E-state index contributed by atoms with van der Waals surface area (Å²) in [5, 5.41) is 10.4. The van der Waals surface area contributed by atoms with E-state index in [4.69, 9.17) is 0 Å². The highest BCUT2D eigenvalue weighted by molar-refractivity contribution is 5.94. The van der Waals surface area contributed by atoms with Crippen LogP contribution in [-0.2, 0) is 22.6 Å². The molecule has 212 valence electrons. The van der Waals surface area contributed by atoms with Crippen LogP contribution < -0.4 is 10.6 Å². The quantitative estimate of drug-likeness (QED) is 0.516. The molecule has 2 N–H and O–H groups in total. The molecule has 0 radical (unpaired) electrons. The molecule has 0 aliphatic carbocycles. The fourth-order valence-corrected chi connectivity index (χ4v) is 4.78. The number of nitrogens with one attached hydrogen (secondary N) is 2. The Bertz CT molecular complexity index is 1360. The van der Waals surface area contributed by atoms with Crippen LogP contribution >= 0.6 is 0 Å². The summed E-state index contributed by atoms with van der Waals surface area (Å²) in [6.45, 7) is 6.05. The third-order valence-corrected chi connectivity index (χ3v) is 6.87. The number of hydrogen-bond donors (Lipinski definition) is 2. The van der Waals surface area contributed by atoms with E-state index in [9.17, 15) is 23.2 Å². The largest absolute Gasteiger partial charge is 0.344 e. The highest BCUT2D eigenvalue weighted by Crippen LogP contribution is 2.22. The van der Waals surface area contributed by atoms with Crippen molar-refractivity contribution in [3.63, 3.8) is 0 Å². The van der Waals surface area contributed by atoms with Gasteiger partial charge in [-0.15, -0.1) is 0 Å². The summed E-state index contributed by atoms with van der Waals surface area (Å²) >= 11 is 0. The van der Waals surface area contributed by atoms with Crippen molar-refractivity contribution in [1.82, 2.24) is 30.3 Å². The molecule has 0 bridgehead atoms. The van der Waals surface area contributed by atoms with Gasteiger partial charge in [0.2, 0.25) is 11.8 Å². The minimum Gasteiger partial charge on any atom is -0.344 e. The summed E-state index contributed by atoms with van der Waals surface area (Å²) in [6.07, 6.45) is 0.583. The highest BCUT2D eigenvalue weighted by atomic mass is 19.2. The van der Waals surface area contributed by atoms with E-state index >= 15 is 0 Å². The number of rotatable bonds is 4. The first-order chi connectivity index (χ1) is 19.1. The van der Waals surface area contributed by atoms with Crippen LogP contribution in [-0.4, -0.2) is 56.5 Å². The Morgan fingerprint density at radius 1 is 1.02 bits per heavy atom. The van der Waals surface area contributed by atoms with Crippen LogP contribution in [0.1, 0.15) is 60.3 Å². The molecule has 2 atom stereocenters. The lowest BCUT2D eigenvalue weighted by molar-refractivity contribution is -0.129. The normalized spacial score (nSPS) is 19.0. The average molecular weight is 553 g/mol. The van der Waals surface area contributed by atoms with Crippen molar-refractivity contribution in [1.29, 1.82) is 0 Å². The Morgan fingerprint density at radius 2 is 1.77 bits per heavy atom. The molecule has 1 aliphatic heterocycles. The second-order valence-electron chi connectivity index (χ2n) is 10.3. The van der Waals surface area contributed by atoms with Gasteiger partial charge >= 0.3 is 0 Å². The van der Waals surface area contributed by atoms with Gasteiger partial charge in [0, 0.05) is 25.9 Å². The van der Waals surface area contributed by atoms with Crippen molar-refractivity contribution in [2.45, 2.75) is 58.7 Å². The number of halogens is 2. The number of aromatic nitrogens is 3. The summed E-state index contributed by atoms with van der Waals surface area (Å²) < 4.78 is 30.0. The summed E-state index contributed by atoms with van der Waals surface area (Å²) in [7, 11) is 0. The second-order valence-corrected chi connectivity index (χ2v) is 10.3. The molecule has 2 heterocycles. The number of carbonyl (C=O) groups is 3. The number of carbonyl (C=O) groups excluding carboxylic acids is 3. The molecule has 0 fully saturated rings. The lowest BCUT2D eigenvalue weighted by Gasteiger charge is -2.28. The molecule has 2 aromatic carbocycles. The zero-order valence-corrected chi connectivity index (χ0v) is 22.9. The number of fused-ring (bicyclic) bond motifs is 1. The van der Waals surface area contributed by atoms with Crippen molar-refractivity contribution in [3.8, 4) is 0 Å². The number of nitrogens with zero attached hydrogens (tertiary/aromatic N) is 4. The molecule has 3 amide bonds. The van der Waals surface area contributed by atoms with Gasteiger partial charge in [0.25, 0.3) is 5.91 Å². The molecule has 0 saturated carbocycles. The second kappa shape index (κ2) is 12.8. The van der Waals surface area contributed by atoms with E-state index in [1.807, 2.05) is 44.2 Å². The van der Waals surface area contributed by atoms with Gasteiger partial charge in [-0.05, 0) is 37.0 Å². The third-order valence-electron chi connectivity index (χ3n) is 6.87. The monoisotopic (exact) mass is 552 g/mol. The van der Waals surface area contributed by atoms with E-state index < -0.39 is 29.6 Å². The van der Waals surface area contributed by atoms with Crippen molar-refractivity contribution in [2.24, 2.45) is 5.92 Å². The first kappa shape index (κ1) is 28.8. The van der Waals surface area contributed by atoms with Gasteiger partial charge in [-0.2, -0.15) is 5.10 Å². The van der Waals surface area contributed by atoms with Gasteiger partial charge in [-0.25, -0.2) is 18.4 Å². The van der Waals surface area contributed by atoms with Gasteiger partial charge in [-0.3, -0.25) is 14.4 Å². The molecule has 0 saturated heterocycles. The fourth-order valence-electron chi connectivity index (χ4n) is 4.78. The van der Waals surface area contributed by atoms with E-state index in [1.54, 1.807) is 11.6 Å². The van der Waals surface area contributed by atoms with Crippen LogP contribution in [0, 0.1) is 24.5 Å². The first-order valence-corrected chi connectivity index (χ1v) is 13.4. The van der Waals surface area contributed by atoms with Crippen LogP contribution in [0.15, 0.2) is 48.5 Å². The van der Waals surface area contributed by atoms with Gasteiger partial charge in [-0.1, -0.05) is 50.2 Å². The standard InChI is InChI=1S/C29H34F2N6O3/c1-18(2)26-27-32-19(3)35-37(27)16-15-36(29(40)21-11-7-12-22(30)25(21)31)14-8-13-24(38)33-23(28(39)34-26)17-20-9-5-4-6-10-20/h4-7,9-12,18,23,26H,8,13-17H2,1-3H3,(H,33,38)(H,34,39)/t23-,26+/m0/s1. The molecule has 0 unspecified atom stereocenters. The Labute approximate surface area is 232 Å². The zero-order valence-electron chi connectivity index (χ0n) is 22.9. The lowest BCUT2D eigenvalue weighted by atomic mass is 10.0. The molecular formula is C29H34F2N6O3. The summed E-state index contributed by atoms with van der Waals surface area (Å²) in [4.78, 5) is 45.7. The van der Waals surface area contributed by atoms with E-state index in [-0.39, 0.29) is 55.8 Å². The Balaban J connectivity index is 1.67. The minimum absolute atomic E-state index is 0.0370. The molecule has 40 heavy (non-hydrogen) atoms. The lowest BCUT2D eigenvalue weighted by Crippen LogP contribution is -2.50. The maximum Gasteiger partial charge on any atom is 0.257 e. The molecule has 4 rings (SSSR count). The molecule has 3 aromatic rings. The topological polar surface area (TPSA) is 109 Å². The number of hydrogen-bond acceptors (Lipinski definition) is 5. The van der Waals surface area contributed by atoms with Gasteiger partial charge in [0.15, 0.2) is 11.6 Å². The van der Waals surface area contributed by atoms with Crippen molar-refractivity contribution in [3.05, 3.63) is 82.9 Å². The van der Waals surface area contributed by atoms with E-state index in [1.165, 1.54) is 17.0 Å². The number of aryl methyl sites for hydroxylation is 1. The first-order valence-electron chi connectivity index (χ1n) is 13.4. The van der Waals surface area contributed by atoms with E-state index in [0.29, 0.717) is 18.1 Å². The highest BCUT2D eigenvalue weighted by Gasteiger charge is 2.30. The van der Waals surface area contributed by atoms with Crippen molar-refractivity contribution in [2.75, 3.05) is 13.1 Å². The third kappa shape index (κ3) is 6.88.